The van der Waals surface area contributed by atoms with Crippen LogP contribution in [0.25, 0.3) is 38.8 Å². The first-order valence-corrected chi connectivity index (χ1v) is 18.0. The molecule has 5 aromatic carbocycles. The molecule has 0 atom stereocenters. The number of nitrogens with zero attached hydrogens (tertiary/aromatic N) is 4. The maximum Gasteiger partial charge on any atom is 0.161 e. The van der Waals surface area contributed by atoms with E-state index in [1.165, 1.54) is 28.2 Å². The maximum atomic E-state index is 6.85. The highest BCUT2D eigenvalue weighted by Gasteiger charge is 2.29. The Kier molecular flexibility index (Phi) is 7.23. The van der Waals surface area contributed by atoms with Crippen molar-refractivity contribution in [1.29, 1.82) is 0 Å². The summed E-state index contributed by atoms with van der Waals surface area (Å²) in [6, 6.07) is 44.7. The Labute approximate surface area is 304 Å². The van der Waals surface area contributed by atoms with Gasteiger partial charge in [-0.3, -0.25) is 4.57 Å². The van der Waals surface area contributed by atoms with E-state index in [4.69, 9.17) is 14.1 Å². The number of pyridine rings is 1. The maximum absolute atomic E-state index is 6.85. The van der Waals surface area contributed by atoms with Crippen LogP contribution in [0.1, 0.15) is 52.7 Å². The van der Waals surface area contributed by atoms with E-state index < -0.39 is 0 Å². The van der Waals surface area contributed by atoms with Gasteiger partial charge in [-0.05, 0) is 94.8 Å². The molecule has 0 amide bonds. The Morgan fingerprint density at radius 2 is 1.29 bits per heavy atom. The molecule has 6 nitrogen and oxygen atoms in total. The number of anilines is 4. The number of benzene rings is 5. The minimum Gasteiger partial charge on any atom is -0.457 e. The lowest BCUT2D eigenvalue weighted by Crippen LogP contribution is -2.24. The highest BCUT2D eigenvalue weighted by molar-refractivity contribution is 6.16. The van der Waals surface area contributed by atoms with Gasteiger partial charge in [0.05, 0.1) is 16.9 Å². The van der Waals surface area contributed by atoms with Gasteiger partial charge in [-0.15, -0.1) is 0 Å². The summed E-state index contributed by atoms with van der Waals surface area (Å²) in [5, 5.41) is 2.07. The van der Waals surface area contributed by atoms with E-state index in [0.717, 1.165) is 56.0 Å². The van der Waals surface area contributed by atoms with E-state index in [2.05, 4.69) is 165 Å². The first kappa shape index (κ1) is 31.9. The third-order valence-corrected chi connectivity index (χ3v) is 10.2. The molecule has 0 saturated heterocycles. The van der Waals surface area contributed by atoms with E-state index in [-0.39, 0.29) is 10.8 Å². The number of aromatic nitrogens is 2. The number of rotatable bonds is 5. The molecule has 1 aliphatic heterocycles. The number of hydrogen-bond donors (Lipinski definition) is 0. The van der Waals surface area contributed by atoms with Crippen LogP contribution in [0.15, 0.2) is 138 Å². The zero-order valence-corrected chi connectivity index (χ0v) is 30.5. The highest BCUT2D eigenvalue weighted by Crippen LogP contribution is 2.46. The van der Waals surface area contributed by atoms with Crippen molar-refractivity contribution in [3.63, 3.8) is 0 Å². The van der Waals surface area contributed by atoms with Crippen molar-refractivity contribution in [1.82, 2.24) is 9.55 Å². The lowest BCUT2D eigenvalue weighted by Gasteiger charge is -2.26. The third kappa shape index (κ3) is 5.37. The molecule has 8 aromatic rings. The average Bonchev–Trinajstić information content (AvgIpc) is 3.80. The molecule has 0 fully saturated rings. The summed E-state index contributed by atoms with van der Waals surface area (Å²) < 4.78 is 15.6. The minimum absolute atomic E-state index is 0.0315. The SMILES string of the molecule is CC(C)(C)c1cc(Oc2ccc3c4oc5ccccc5c4n(-c4cc(C(C)(C)C)ccn4)c3c2)cc(N2CN(c3ccccc3)c3ccccc32)c1. The van der Waals surface area contributed by atoms with Crippen molar-refractivity contribution in [2.75, 3.05) is 16.5 Å². The summed E-state index contributed by atoms with van der Waals surface area (Å²) in [6.07, 6.45) is 1.91. The molecule has 6 heteroatoms. The fourth-order valence-corrected chi connectivity index (χ4v) is 7.39. The van der Waals surface area contributed by atoms with Gasteiger partial charge in [-0.25, -0.2) is 4.98 Å². The second-order valence-corrected chi connectivity index (χ2v) is 15.8. The van der Waals surface area contributed by atoms with E-state index in [0.29, 0.717) is 6.67 Å². The van der Waals surface area contributed by atoms with Gasteiger partial charge in [0.15, 0.2) is 5.58 Å². The van der Waals surface area contributed by atoms with Crippen LogP contribution in [-0.4, -0.2) is 16.2 Å². The van der Waals surface area contributed by atoms with Crippen molar-refractivity contribution in [2.24, 2.45) is 0 Å². The summed E-state index contributed by atoms with van der Waals surface area (Å²) in [4.78, 5) is 9.65. The standard InChI is InChI=1S/C46H42N4O2/c1-45(2,3)30-22-23-47-42(26-30)50-40-28-34(20-21-36(40)44-43(50)37-16-10-13-19-41(37)52-44)51-35-25-31(46(4,5)6)24-33(27-35)49-29-48(32-14-8-7-9-15-32)38-17-11-12-18-39(38)49/h7-28H,29H2,1-6H3. The monoisotopic (exact) mass is 682 g/mol. The number of ether oxygens (including phenoxy) is 1. The molecule has 0 N–H and O–H groups in total. The van der Waals surface area contributed by atoms with Gasteiger partial charge in [0.2, 0.25) is 0 Å². The van der Waals surface area contributed by atoms with Gasteiger partial charge in [-0.1, -0.05) is 84.0 Å². The molecule has 0 bridgehead atoms. The molecule has 1 aliphatic rings. The van der Waals surface area contributed by atoms with Crippen LogP contribution in [0.3, 0.4) is 0 Å². The lowest BCUT2D eigenvalue weighted by atomic mass is 9.86. The number of hydrogen-bond acceptors (Lipinski definition) is 5. The van der Waals surface area contributed by atoms with E-state index in [9.17, 15) is 0 Å². The van der Waals surface area contributed by atoms with E-state index in [1.54, 1.807) is 0 Å². The summed E-state index contributed by atoms with van der Waals surface area (Å²) in [5.74, 6) is 2.39. The minimum atomic E-state index is -0.0968. The molecule has 0 spiro atoms. The second-order valence-electron chi connectivity index (χ2n) is 15.8. The molecule has 0 radical (unpaired) electrons. The molecular formula is C46H42N4O2. The van der Waals surface area contributed by atoms with Crippen molar-refractivity contribution in [3.05, 3.63) is 145 Å². The van der Waals surface area contributed by atoms with Crippen molar-refractivity contribution >= 4 is 55.7 Å². The normalized spacial score (nSPS) is 13.4. The first-order chi connectivity index (χ1) is 25.0. The predicted molar refractivity (Wildman–Crippen MR) is 214 cm³/mol. The summed E-state index contributed by atoms with van der Waals surface area (Å²) in [6.45, 7) is 14.1. The molecule has 0 saturated carbocycles. The van der Waals surface area contributed by atoms with E-state index >= 15 is 0 Å². The highest BCUT2D eigenvalue weighted by atomic mass is 16.5. The van der Waals surface area contributed by atoms with Crippen molar-refractivity contribution in [2.45, 2.75) is 52.4 Å². The fraction of sp³-hybridized carbons (Fsp3) is 0.196. The van der Waals surface area contributed by atoms with Crippen LogP contribution >= 0.6 is 0 Å². The van der Waals surface area contributed by atoms with Crippen molar-refractivity contribution in [3.8, 4) is 17.3 Å². The third-order valence-electron chi connectivity index (χ3n) is 10.2. The van der Waals surface area contributed by atoms with Gasteiger partial charge in [0, 0.05) is 40.5 Å². The van der Waals surface area contributed by atoms with Crippen LogP contribution in [0.2, 0.25) is 0 Å². The van der Waals surface area contributed by atoms with Crippen LogP contribution in [0, 0.1) is 0 Å². The second kappa shape index (κ2) is 11.8. The van der Waals surface area contributed by atoms with Crippen molar-refractivity contribution < 1.29 is 9.15 Å². The molecular weight excluding hydrogens is 641 g/mol. The zero-order chi connectivity index (χ0) is 35.8. The van der Waals surface area contributed by atoms with Crippen LogP contribution in [0.4, 0.5) is 22.7 Å². The smallest absolute Gasteiger partial charge is 0.161 e. The Morgan fingerprint density at radius 3 is 2.04 bits per heavy atom. The van der Waals surface area contributed by atoms with Gasteiger partial charge in [0.1, 0.15) is 35.1 Å². The Balaban J connectivity index is 1.17. The largest absolute Gasteiger partial charge is 0.457 e. The van der Waals surface area contributed by atoms with Crippen LogP contribution < -0.4 is 14.5 Å². The molecule has 0 aliphatic carbocycles. The van der Waals surface area contributed by atoms with E-state index in [1.807, 2.05) is 24.4 Å². The van der Waals surface area contributed by atoms with Gasteiger partial charge >= 0.3 is 0 Å². The first-order valence-electron chi connectivity index (χ1n) is 18.0. The van der Waals surface area contributed by atoms with Gasteiger partial charge < -0.3 is 19.0 Å². The Bertz CT molecular complexity index is 2620. The molecule has 258 valence electrons. The average molecular weight is 683 g/mol. The molecule has 4 heterocycles. The van der Waals surface area contributed by atoms with Crippen LogP contribution in [0.5, 0.6) is 11.5 Å². The number of para-hydroxylation sites is 4. The molecule has 52 heavy (non-hydrogen) atoms. The molecule has 3 aromatic heterocycles. The van der Waals surface area contributed by atoms with Gasteiger partial charge in [-0.2, -0.15) is 0 Å². The fourth-order valence-electron chi connectivity index (χ4n) is 7.39. The Hall–Kier alpha value is -6.01. The zero-order valence-electron chi connectivity index (χ0n) is 30.5. The molecule has 0 unspecified atom stereocenters. The summed E-state index contributed by atoms with van der Waals surface area (Å²) >= 11 is 0. The lowest BCUT2D eigenvalue weighted by molar-refractivity contribution is 0.479. The topological polar surface area (TPSA) is 46.7 Å². The summed E-state index contributed by atoms with van der Waals surface area (Å²) in [7, 11) is 0. The molecule has 9 rings (SSSR count). The number of furan rings is 1. The Morgan fingerprint density at radius 1 is 0.596 bits per heavy atom. The van der Waals surface area contributed by atoms with Gasteiger partial charge in [0.25, 0.3) is 0 Å². The predicted octanol–water partition coefficient (Wildman–Crippen LogP) is 12.6. The van der Waals surface area contributed by atoms with Crippen LogP contribution in [-0.2, 0) is 10.8 Å². The number of fused-ring (bicyclic) bond motifs is 6. The summed E-state index contributed by atoms with van der Waals surface area (Å²) in [5.41, 5.74) is 10.6. The quantitative estimate of drug-likeness (QED) is 0.181.